The van der Waals surface area contributed by atoms with Crippen molar-refractivity contribution in [3.63, 3.8) is 0 Å². The monoisotopic (exact) mass is 279 g/mol. The molecule has 2 atom stereocenters. The number of quaternary nitrogens is 1. The molecule has 0 radical (unpaired) electrons. The lowest BCUT2D eigenvalue weighted by Crippen LogP contribution is -2.81. The molecule has 2 rings (SSSR count). The number of likely N-dealkylation sites (N-methyl/N-ethyl adjacent to an activating group) is 1. The van der Waals surface area contributed by atoms with Gasteiger partial charge in [0.2, 0.25) is 5.91 Å². The van der Waals surface area contributed by atoms with E-state index in [0.29, 0.717) is 5.91 Å². The second kappa shape index (κ2) is 6.44. The van der Waals surface area contributed by atoms with E-state index >= 15 is 0 Å². The van der Waals surface area contributed by atoms with E-state index in [4.69, 9.17) is 0 Å². The van der Waals surface area contributed by atoms with Crippen molar-refractivity contribution in [1.82, 2.24) is 4.90 Å². The molecule has 1 aromatic rings. The number of thioether (sulfide) groups is 1. The summed E-state index contributed by atoms with van der Waals surface area (Å²) < 4.78 is 0. The normalized spacial score (nSPS) is 23.1. The van der Waals surface area contributed by atoms with Gasteiger partial charge in [-0.25, -0.2) is 0 Å². The van der Waals surface area contributed by atoms with Crippen LogP contribution in [-0.4, -0.2) is 36.2 Å². The summed E-state index contributed by atoms with van der Waals surface area (Å²) in [5, 5.41) is 2.45. The Morgan fingerprint density at radius 1 is 1.37 bits per heavy atom. The van der Waals surface area contributed by atoms with E-state index < -0.39 is 0 Å². The van der Waals surface area contributed by atoms with E-state index in [0.717, 1.165) is 19.5 Å². The van der Waals surface area contributed by atoms with Crippen molar-refractivity contribution in [2.75, 3.05) is 20.1 Å². The molecular formula is C15H23N2OS+. The summed E-state index contributed by atoms with van der Waals surface area (Å²) in [6, 6.07) is 8.41. The van der Waals surface area contributed by atoms with Gasteiger partial charge in [0.1, 0.15) is 5.37 Å². The molecule has 1 fully saturated rings. The second-order valence-corrected chi connectivity index (χ2v) is 6.26. The number of hydrogen-bond donors (Lipinski definition) is 1. The minimum atomic E-state index is 0.126. The molecule has 1 amide bonds. The first-order valence-corrected chi connectivity index (χ1v) is 7.92. The van der Waals surface area contributed by atoms with Crippen LogP contribution in [0, 0.1) is 6.92 Å². The van der Waals surface area contributed by atoms with Gasteiger partial charge in [-0.3, -0.25) is 4.79 Å². The summed E-state index contributed by atoms with van der Waals surface area (Å²) in [5.41, 5.74) is 2.56. The number of carbonyl (C=O) groups excluding carboxylic acids is 1. The van der Waals surface area contributed by atoms with E-state index in [1.165, 1.54) is 11.1 Å². The molecule has 104 valence electrons. The van der Waals surface area contributed by atoms with Gasteiger partial charge in [0, 0.05) is 0 Å². The molecule has 1 aromatic carbocycles. The van der Waals surface area contributed by atoms with Crippen molar-refractivity contribution < 1.29 is 10.1 Å². The largest absolute Gasteiger partial charge is 0.347 e. The number of nitrogens with zero attached hydrogens (tertiary/aromatic N) is 1. The maximum absolute atomic E-state index is 12.4. The predicted molar refractivity (Wildman–Crippen MR) is 80.0 cm³/mol. The Labute approximate surface area is 119 Å². The summed E-state index contributed by atoms with van der Waals surface area (Å²) in [6.07, 6.45) is 0.915. The highest BCUT2D eigenvalue weighted by Gasteiger charge is 2.40. The minimum absolute atomic E-state index is 0.126. The number of rotatable bonds is 5. The van der Waals surface area contributed by atoms with E-state index in [9.17, 15) is 4.79 Å². The zero-order valence-corrected chi connectivity index (χ0v) is 12.7. The van der Waals surface area contributed by atoms with Crippen LogP contribution in [0.5, 0.6) is 0 Å². The third-order valence-corrected chi connectivity index (χ3v) is 5.25. The van der Waals surface area contributed by atoms with Gasteiger partial charge in [-0.2, -0.15) is 0 Å². The lowest BCUT2D eigenvalue weighted by Gasteiger charge is -2.24. The summed E-state index contributed by atoms with van der Waals surface area (Å²) in [6.45, 7) is 6.02. The molecule has 0 aliphatic carbocycles. The number of carbonyl (C=O) groups is 1. The van der Waals surface area contributed by atoms with Crippen molar-refractivity contribution in [2.45, 2.75) is 30.9 Å². The van der Waals surface area contributed by atoms with Crippen LogP contribution in [0.3, 0.4) is 0 Å². The van der Waals surface area contributed by atoms with Crippen LogP contribution in [0.25, 0.3) is 0 Å². The zero-order valence-electron chi connectivity index (χ0n) is 11.9. The Bertz CT molecular complexity index is 450. The van der Waals surface area contributed by atoms with Gasteiger partial charge in [0.15, 0.2) is 0 Å². The van der Waals surface area contributed by atoms with E-state index in [1.807, 2.05) is 18.8 Å². The van der Waals surface area contributed by atoms with E-state index in [2.05, 4.69) is 48.3 Å². The van der Waals surface area contributed by atoms with Crippen LogP contribution in [0.1, 0.15) is 29.8 Å². The Kier molecular flexibility index (Phi) is 4.88. The molecule has 4 heteroatoms. The highest BCUT2D eigenvalue weighted by atomic mass is 32.2. The minimum Gasteiger partial charge on any atom is -0.347 e. The molecule has 0 spiro atoms. The fourth-order valence-corrected chi connectivity index (χ4v) is 3.98. The predicted octanol–water partition coefficient (Wildman–Crippen LogP) is 1.54. The maximum Gasteiger partial charge on any atom is 0.237 e. The van der Waals surface area contributed by atoms with Crippen LogP contribution in [0.15, 0.2) is 24.3 Å². The van der Waals surface area contributed by atoms with Crippen LogP contribution in [-0.2, 0) is 4.79 Å². The highest BCUT2D eigenvalue weighted by molar-refractivity contribution is 8.01. The van der Waals surface area contributed by atoms with Gasteiger partial charge in [0.05, 0.1) is 25.4 Å². The van der Waals surface area contributed by atoms with Crippen molar-refractivity contribution >= 4 is 17.7 Å². The maximum atomic E-state index is 12.4. The first-order valence-electron chi connectivity index (χ1n) is 6.98. The van der Waals surface area contributed by atoms with Gasteiger partial charge in [-0.05, 0) is 24.5 Å². The first-order chi connectivity index (χ1) is 9.19. The quantitative estimate of drug-likeness (QED) is 0.888. The van der Waals surface area contributed by atoms with Crippen LogP contribution >= 0.6 is 11.8 Å². The molecule has 0 aromatic heterocycles. The molecule has 19 heavy (non-hydrogen) atoms. The summed E-state index contributed by atoms with van der Waals surface area (Å²) in [7, 11) is 2.05. The summed E-state index contributed by atoms with van der Waals surface area (Å²) in [4.78, 5) is 14.5. The van der Waals surface area contributed by atoms with Crippen molar-refractivity contribution in [3.05, 3.63) is 35.4 Å². The Morgan fingerprint density at radius 3 is 2.74 bits per heavy atom. The third kappa shape index (κ3) is 2.95. The van der Waals surface area contributed by atoms with Crippen molar-refractivity contribution in [2.24, 2.45) is 0 Å². The smallest absolute Gasteiger partial charge is 0.237 e. The fraction of sp³-hybridized carbons (Fsp3) is 0.533. The van der Waals surface area contributed by atoms with Crippen molar-refractivity contribution in [3.8, 4) is 0 Å². The topological polar surface area (TPSA) is 36.9 Å². The average molecular weight is 279 g/mol. The van der Waals surface area contributed by atoms with E-state index in [-0.39, 0.29) is 10.6 Å². The lowest BCUT2D eigenvalue weighted by atomic mass is 10.1. The molecule has 1 saturated heterocycles. The molecule has 3 nitrogen and oxygen atoms in total. The molecule has 0 unspecified atom stereocenters. The number of nitrogens with two attached hydrogens (primary N) is 1. The molecule has 0 saturated carbocycles. The molecule has 0 bridgehead atoms. The first kappa shape index (κ1) is 14.4. The van der Waals surface area contributed by atoms with Gasteiger partial charge in [-0.15, -0.1) is 11.8 Å². The van der Waals surface area contributed by atoms with Crippen LogP contribution in [0.4, 0.5) is 0 Å². The number of benzene rings is 1. The van der Waals surface area contributed by atoms with Gasteiger partial charge < -0.3 is 10.2 Å². The Balaban J connectivity index is 2.26. The molecule has 1 aliphatic rings. The molecule has 1 heterocycles. The number of aryl methyl sites for hydroxylation is 1. The lowest BCUT2D eigenvalue weighted by molar-refractivity contribution is -0.626. The van der Waals surface area contributed by atoms with Crippen LogP contribution in [0.2, 0.25) is 0 Å². The van der Waals surface area contributed by atoms with Gasteiger partial charge >= 0.3 is 0 Å². The second-order valence-electron chi connectivity index (χ2n) is 4.97. The zero-order chi connectivity index (χ0) is 13.8. The number of amides is 1. The molecular weight excluding hydrogens is 256 g/mol. The van der Waals surface area contributed by atoms with Crippen LogP contribution < -0.4 is 5.32 Å². The molecule has 1 aliphatic heterocycles. The van der Waals surface area contributed by atoms with E-state index in [1.54, 1.807) is 0 Å². The number of hydrogen-bond acceptors (Lipinski definition) is 2. The summed E-state index contributed by atoms with van der Waals surface area (Å²) in [5.74, 6) is 0.308. The standard InChI is InChI=1S/C15H22N2OS/c1-4-13-14(18)17(10-9-16-3)15(19-13)12-8-6-5-7-11(12)2/h5-8,13,15-16H,4,9-10H2,1-3H3/p+1/t13-,15+/m1/s1. The molecule has 2 N–H and O–H groups in total. The van der Waals surface area contributed by atoms with Gasteiger partial charge in [0.25, 0.3) is 0 Å². The SMILES string of the molecule is CC[C@H]1S[C@@H](c2ccccc2C)N(CC[NH2+]C)C1=O. The Hall–Kier alpha value is -1.00. The van der Waals surface area contributed by atoms with Gasteiger partial charge in [-0.1, -0.05) is 31.2 Å². The highest BCUT2D eigenvalue weighted by Crippen LogP contribution is 2.44. The summed E-state index contributed by atoms with van der Waals surface area (Å²) >= 11 is 1.81. The fourth-order valence-electron chi connectivity index (χ4n) is 2.46. The van der Waals surface area contributed by atoms with Crippen molar-refractivity contribution in [1.29, 1.82) is 0 Å². The average Bonchev–Trinajstić information content (AvgIpc) is 2.73. The third-order valence-electron chi connectivity index (χ3n) is 3.62. The Morgan fingerprint density at radius 2 is 2.11 bits per heavy atom.